The normalized spacial score (nSPS) is 10.2. The molecule has 2 aromatic rings. The highest BCUT2D eigenvalue weighted by Crippen LogP contribution is 2.21. The largest absolute Gasteiger partial charge is 0.476 e. The van der Waals surface area contributed by atoms with Crippen molar-refractivity contribution in [3.8, 4) is 0 Å². The van der Waals surface area contributed by atoms with Gasteiger partial charge in [0.2, 0.25) is 0 Å². The van der Waals surface area contributed by atoms with Crippen LogP contribution in [-0.2, 0) is 5.75 Å². The molecule has 0 aliphatic heterocycles. The lowest BCUT2D eigenvalue weighted by molar-refractivity contribution is 0.0685. The minimum atomic E-state index is -1.22. The monoisotopic (exact) mass is 288 g/mol. The second-order valence-corrected chi connectivity index (χ2v) is 5.06. The van der Waals surface area contributed by atoms with E-state index in [1.165, 1.54) is 24.9 Å². The molecule has 0 aliphatic carbocycles. The maximum Gasteiger partial charge on any atom is 0.355 e. The Kier molecular flexibility index (Phi) is 4.47. The highest BCUT2D eigenvalue weighted by molar-refractivity contribution is 7.98. The van der Waals surface area contributed by atoms with Crippen LogP contribution in [0.15, 0.2) is 41.4 Å². The van der Waals surface area contributed by atoms with E-state index in [9.17, 15) is 9.59 Å². The van der Waals surface area contributed by atoms with Crippen LogP contribution in [0.5, 0.6) is 0 Å². The molecule has 0 unspecified atom stereocenters. The van der Waals surface area contributed by atoms with Crippen molar-refractivity contribution in [2.75, 3.05) is 0 Å². The summed E-state index contributed by atoms with van der Waals surface area (Å²) in [5.41, 5.74) is -0.206. The van der Waals surface area contributed by atoms with Gasteiger partial charge >= 0.3 is 5.97 Å². The summed E-state index contributed by atoms with van der Waals surface area (Å²) in [5, 5.41) is 9.07. The van der Waals surface area contributed by atoms with E-state index in [4.69, 9.17) is 5.11 Å². The number of carbonyl (C=O) groups is 2. The number of carboxylic acid groups (broad SMARTS) is 1. The second-order valence-electron chi connectivity index (χ2n) is 4.01. The SMILES string of the molecule is CC(=O)c1cnc(CSc2ccccc2)nc1C(=O)O. The number of hydrogen-bond donors (Lipinski definition) is 1. The van der Waals surface area contributed by atoms with Crippen LogP contribution >= 0.6 is 11.8 Å². The van der Waals surface area contributed by atoms with Gasteiger partial charge in [0.25, 0.3) is 0 Å². The molecule has 6 heteroatoms. The smallest absolute Gasteiger partial charge is 0.355 e. The van der Waals surface area contributed by atoms with Crippen LogP contribution in [0.4, 0.5) is 0 Å². The molecule has 0 saturated heterocycles. The molecule has 0 fully saturated rings. The van der Waals surface area contributed by atoms with E-state index in [-0.39, 0.29) is 17.0 Å². The molecule has 102 valence electrons. The highest BCUT2D eigenvalue weighted by atomic mass is 32.2. The summed E-state index contributed by atoms with van der Waals surface area (Å²) >= 11 is 1.51. The third-order valence-electron chi connectivity index (χ3n) is 2.53. The molecule has 0 amide bonds. The standard InChI is InChI=1S/C14H12N2O3S/c1-9(17)11-7-15-12(16-13(11)14(18)19)8-20-10-5-3-2-4-6-10/h2-7H,8H2,1H3,(H,18,19). The van der Waals surface area contributed by atoms with Crippen molar-refractivity contribution in [3.63, 3.8) is 0 Å². The average Bonchev–Trinajstić information content (AvgIpc) is 2.45. The van der Waals surface area contributed by atoms with Gasteiger partial charge < -0.3 is 5.11 Å². The van der Waals surface area contributed by atoms with Gasteiger partial charge in [0, 0.05) is 11.1 Å². The lowest BCUT2D eigenvalue weighted by Gasteiger charge is -2.05. The Morgan fingerprint density at radius 3 is 2.55 bits per heavy atom. The van der Waals surface area contributed by atoms with Crippen LogP contribution in [0.1, 0.15) is 33.6 Å². The van der Waals surface area contributed by atoms with Crippen LogP contribution < -0.4 is 0 Å². The molecule has 0 saturated carbocycles. The van der Waals surface area contributed by atoms with Gasteiger partial charge in [0.15, 0.2) is 11.5 Å². The van der Waals surface area contributed by atoms with Crippen LogP contribution in [0.25, 0.3) is 0 Å². The predicted molar refractivity (Wildman–Crippen MR) is 75.0 cm³/mol. The number of carboxylic acids is 1. The van der Waals surface area contributed by atoms with Gasteiger partial charge in [-0.25, -0.2) is 14.8 Å². The molecule has 1 N–H and O–H groups in total. The minimum absolute atomic E-state index is 0.0333. The van der Waals surface area contributed by atoms with Crippen LogP contribution in [0.2, 0.25) is 0 Å². The van der Waals surface area contributed by atoms with Crippen molar-refractivity contribution in [1.82, 2.24) is 9.97 Å². The summed E-state index contributed by atoms with van der Waals surface area (Å²) in [6, 6.07) is 9.67. The summed E-state index contributed by atoms with van der Waals surface area (Å²) in [5.74, 6) is -0.739. The van der Waals surface area contributed by atoms with E-state index in [2.05, 4.69) is 9.97 Å². The van der Waals surface area contributed by atoms with Crippen molar-refractivity contribution < 1.29 is 14.7 Å². The van der Waals surface area contributed by atoms with Gasteiger partial charge in [-0.15, -0.1) is 11.8 Å². The molecule has 1 aromatic carbocycles. The molecular formula is C14H12N2O3S. The highest BCUT2D eigenvalue weighted by Gasteiger charge is 2.17. The number of aromatic carboxylic acids is 1. The fourth-order valence-corrected chi connectivity index (χ4v) is 2.36. The molecular weight excluding hydrogens is 276 g/mol. The van der Waals surface area contributed by atoms with Crippen molar-refractivity contribution in [3.05, 3.63) is 53.6 Å². The Balaban J connectivity index is 2.19. The molecule has 0 bridgehead atoms. The summed E-state index contributed by atoms with van der Waals surface area (Å²) in [4.78, 5) is 31.5. The lowest BCUT2D eigenvalue weighted by Crippen LogP contribution is -2.12. The average molecular weight is 288 g/mol. The van der Waals surface area contributed by atoms with E-state index in [1.54, 1.807) is 0 Å². The fourth-order valence-electron chi connectivity index (χ4n) is 1.57. The zero-order chi connectivity index (χ0) is 14.5. The number of benzene rings is 1. The molecule has 20 heavy (non-hydrogen) atoms. The lowest BCUT2D eigenvalue weighted by atomic mass is 10.1. The second kappa shape index (κ2) is 6.29. The van der Waals surface area contributed by atoms with Crippen molar-refractivity contribution in [2.45, 2.75) is 17.6 Å². The maximum absolute atomic E-state index is 11.3. The summed E-state index contributed by atoms with van der Waals surface area (Å²) in [6.45, 7) is 1.30. The first-order valence-electron chi connectivity index (χ1n) is 5.86. The summed E-state index contributed by atoms with van der Waals surface area (Å²) in [7, 11) is 0. The van der Waals surface area contributed by atoms with E-state index in [0.29, 0.717) is 11.6 Å². The number of aromatic nitrogens is 2. The van der Waals surface area contributed by atoms with Gasteiger partial charge in [-0.1, -0.05) is 18.2 Å². The molecule has 0 aliphatic rings. The zero-order valence-corrected chi connectivity index (χ0v) is 11.6. The molecule has 1 aromatic heterocycles. The molecule has 2 rings (SSSR count). The summed E-state index contributed by atoms with van der Waals surface area (Å²) < 4.78 is 0. The quantitative estimate of drug-likeness (QED) is 0.673. The first-order valence-corrected chi connectivity index (χ1v) is 6.84. The molecule has 5 nitrogen and oxygen atoms in total. The molecule has 0 atom stereocenters. The fraction of sp³-hybridized carbons (Fsp3) is 0.143. The molecule has 0 spiro atoms. The van der Waals surface area contributed by atoms with Crippen LogP contribution in [0.3, 0.4) is 0 Å². The Bertz CT molecular complexity index is 644. The topological polar surface area (TPSA) is 80.2 Å². The Morgan fingerprint density at radius 2 is 1.95 bits per heavy atom. The number of carbonyl (C=O) groups excluding carboxylic acids is 1. The third-order valence-corrected chi connectivity index (χ3v) is 3.54. The van der Waals surface area contributed by atoms with Crippen molar-refractivity contribution in [1.29, 1.82) is 0 Å². The predicted octanol–water partition coefficient (Wildman–Crippen LogP) is 2.67. The summed E-state index contributed by atoms with van der Waals surface area (Å²) in [6.07, 6.45) is 1.28. The minimum Gasteiger partial charge on any atom is -0.476 e. The van der Waals surface area contributed by atoms with Crippen molar-refractivity contribution >= 4 is 23.5 Å². The van der Waals surface area contributed by atoms with Gasteiger partial charge in [0.1, 0.15) is 5.82 Å². The van der Waals surface area contributed by atoms with Gasteiger partial charge in [0.05, 0.1) is 11.3 Å². The number of thioether (sulfide) groups is 1. The first-order chi connectivity index (χ1) is 9.58. The van der Waals surface area contributed by atoms with Gasteiger partial charge in [-0.2, -0.15) is 0 Å². The van der Waals surface area contributed by atoms with E-state index in [1.807, 2.05) is 30.3 Å². The number of ketones is 1. The van der Waals surface area contributed by atoms with Crippen LogP contribution in [0, 0.1) is 0 Å². The molecule has 0 radical (unpaired) electrons. The zero-order valence-electron chi connectivity index (χ0n) is 10.7. The maximum atomic E-state index is 11.3. The van der Waals surface area contributed by atoms with Gasteiger partial charge in [-0.05, 0) is 19.1 Å². The number of rotatable bonds is 5. The number of Topliss-reactive ketones (excluding diaryl/α,β-unsaturated/α-hetero) is 1. The van der Waals surface area contributed by atoms with E-state index >= 15 is 0 Å². The van der Waals surface area contributed by atoms with Crippen molar-refractivity contribution in [2.24, 2.45) is 0 Å². The first kappa shape index (κ1) is 14.2. The Hall–Kier alpha value is -2.21. The molecule has 1 heterocycles. The van der Waals surface area contributed by atoms with E-state index in [0.717, 1.165) is 4.90 Å². The van der Waals surface area contributed by atoms with Gasteiger partial charge in [-0.3, -0.25) is 4.79 Å². The Morgan fingerprint density at radius 1 is 1.25 bits per heavy atom. The number of nitrogens with zero attached hydrogens (tertiary/aromatic N) is 2. The van der Waals surface area contributed by atoms with Crippen LogP contribution in [-0.4, -0.2) is 26.8 Å². The Labute approximate surface area is 120 Å². The van der Waals surface area contributed by atoms with E-state index < -0.39 is 5.97 Å². The number of hydrogen-bond acceptors (Lipinski definition) is 5. The third kappa shape index (κ3) is 3.42.